The van der Waals surface area contributed by atoms with Crippen LogP contribution >= 0.6 is 0 Å². The minimum Gasteiger partial charge on any atom is -0.397 e. The zero-order valence-corrected chi connectivity index (χ0v) is 9.71. The summed E-state index contributed by atoms with van der Waals surface area (Å²) in [6, 6.07) is 3.40. The molecule has 7 nitrogen and oxygen atoms in total. The summed E-state index contributed by atoms with van der Waals surface area (Å²) < 4.78 is 1.79. The molecule has 0 bridgehead atoms. The molecule has 0 fully saturated rings. The Hall–Kier alpha value is -2.57. The van der Waals surface area contributed by atoms with E-state index in [1.807, 2.05) is 12.3 Å². The Bertz CT molecular complexity index is 536. The third-order valence-electron chi connectivity index (χ3n) is 2.41. The van der Waals surface area contributed by atoms with E-state index in [2.05, 4.69) is 15.4 Å². The highest BCUT2D eigenvalue weighted by Crippen LogP contribution is 2.13. The molecule has 1 amide bonds. The fourth-order valence-electron chi connectivity index (χ4n) is 1.51. The van der Waals surface area contributed by atoms with E-state index in [1.54, 1.807) is 16.9 Å². The van der Waals surface area contributed by atoms with Gasteiger partial charge in [-0.1, -0.05) is 0 Å². The second kappa shape index (κ2) is 5.17. The van der Waals surface area contributed by atoms with Crippen LogP contribution in [0.2, 0.25) is 0 Å². The third kappa shape index (κ3) is 2.76. The van der Waals surface area contributed by atoms with E-state index in [0.29, 0.717) is 18.9 Å². The summed E-state index contributed by atoms with van der Waals surface area (Å²) >= 11 is 0. The summed E-state index contributed by atoms with van der Waals surface area (Å²) in [7, 11) is 0. The van der Waals surface area contributed by atoms with Gasteiger partial charge in [0.1, 0.15) is 5.82 Å². The van der Waals surface area contributed by atoms with Crippen LogP contribution in [-0.4, -0.2) is 27.2 Å². The van der Waals surface area contributed by atoms with Crippen LogP contribution in [0.15, 0.2) is 30.7 Å². The van der Waals surface area contributed by atoms with Crippen molar-refractivity contribution in [2.75, 3.05) is 17.6 Å². The minimum absolute atomic E-state index is 0.270. The number of nitrogen functional groups attached to an aromatic ring is 1. The molecule has 2 rings (SSSR count). The van der Waals surface area contributed by atoms with Crippen molar-refractivity contribution in [3.05, 3.63) is 36.3 Å². The van der Waals surface area contributed by atoms with Crippen LogP contribution < -0.4 is 16.8 Å². The average molecular weight is 246 g/mol. The first-order chi connectivity index (χ1) is 8.66. The highest BCUT2D eigenvalue weighted by Gasteiger charge is 2.07. The summed E-state index contributed by atoms with van der Waals surface area (Å²) in [6.45, 7) is 1.34. The van der Waals surface area contributed by atoms with Gasteiger partial charge in [0.05, 0.1) is 24.0 Å². The van der Waals surface area contributed by atoms with Gasteiger partial charge in [0.2, 0.25) is 0 Å². The molecule has 0 saturated heterocycles. The quantitative estimate of drug-likeness (QED) is 0.691. The number of hydrogen-bond acceptors (Lipinski definition) is 5. The van der Waals surface area contributed by atoms with Gasteiger partial charge in [-0.3, -0.25) is 9.48 Å². The maximum atomic E-state index is 11.1. The number of amides is 1. The standard InChI is InChI=1S/C11H14N6O/c12-9-7-15-10(6-8(9)11(13)18)14-3-5-17-4-1-2-16-17/h1-2,4,6-7H,3,5,12H2,(H2,13,18)(H,14,15). The van der Waals surface area contributed by atoms with E-state index >= 15 is 0 Å². The highest BCUT2D eigenvalue weighted by atomic mass is 16.1. The summed E-state index contributed by atoms with van der Waals surface area (Å²) in [5.74, 6) is -0.00446. The molecule has 0 aliphatic rings. The van der Waals surface area contributed by atoms with Crippen LogP contribution in [0.1, 0.15) is 10.4 Å². The number of anilines is 2. The van der Waals surface area contributed by atoms with Crippen molar-refractivity contribution in [1.29, 1.82) is 0 Å². The topological polar surface area (TPSA) is 112 Å². The van der Waals surface area contributed by atoms with Crippen molar-refractivity contribution < 1.29 is 4.79 Å². The first-order valence-corrected chi connectivity index (χ1v) is 5.43. The largest absolute Gasteiger partial charge is 0.397 e. The van der Waals surface area contributed by atoms with Gasteiger partial charge in [-0.15, -0.1) is 0 Å². The lowest BCUT2D eigenvalue weighted by Gasteiger charge is -2.08. The van der Waals surface area contributed by atoms with Gasteiger partial charge >= 0.3 is 0 Å². The molecule has 2 heterocycles. The Kier molecular flexibility index (Phi) is 3.42. The smallest absolute Gasteiger partial charge is 0.250 e. The van der Waals surface area contributed by atoms with E-state index in [-0.39, 0.29) is 11.3 Å². The molecule has 7 heteroatoms. The number of nitrogens with zero attached hydrogens (tertiary/aromatic N) is 3. The van der Waals surface area contributed by atoms with Crippen molar-refractivity contribution in [1.82, 2.24) is 14.8 Å². The first-order valence-electron chi connectivity index (χ1n) is 5.43. The lowest BCUT2D eigenvalue weighted by molar-refractivity contribution is 0.100. The zero-order valence-electron chi connectivity index (χ0n) is 9.71. The predicted molar refractivity (Wildman–Crippen MR) is 67.9 cm³/mol. The molecule has 0 aromatic carbocycles. The van der Waals surface area contributed by atoms with Crippen molar-refractivity contribution in [3.8, 4) is 0 Å². The molecule has 18 heavy (non-hydrogen) atoms. The molecule has 0 spiro atoms. The zero-order chi connectivity index (χ0) is 13.0. The SMILES string of the molecule is NC(=O)c1cc(NCCn2cccn2)ncc1N. The van der Waals surface area contributed by atoms with E-state index in [4.69, 9.17) is 11.5 Å². The molecule has 0 radical (unpaired) electrons. The molecule has 0 saturated carbocycles. The average Bonchev–Trinajstić information content (AvgIpc) is 2.84. The maximum Gasteiger partial charge on any atom is 0.250 e. The van der Waals surface area contributed by atoms with Crippen molar-refractivity contribution in [2.24, 2.45) is 5.73 Å². The Morgan fingerprint density at radius 1 is 1.50 bits per heavy atom. The van der Waals surface area contributed by atoms with E-state index in [1.165, 1.54) is 6.20 Å². The number of pyridine rings is 1. The number of primary amides is 1. The van der Waals surface area contributed by atoms with Crippen LogP contribution in [0.3, 0.4) is 0 Å². The number of hydrogen-bond donors (Lipinski definition) is 3. The molecular formula is C11H14N6O. The normalized spacial score (nSPS) is 10.2. The molecular weight excluding hydrogens is 232 g/mol. The van der Waals surface area contributed by atoms with Crippen molar-refractivity contribution in [3.63, 3.8) is 0 Å². The lowest BCUT2D eigenvalue weighted by atomic mass is 10.2. The van der Waals surface area contributed by atoms with Gasteiger partial charge in [-0.25, -0.2) is 4.98 Å². The number of aromatic nitrogens is 3. The molecule has 0 aliphatic carbocycles. The van der Waals surface area contributed by atoms with E-state index in [9.17, 15) is 4.79 Å². The van der Waals surface area contributed by atoms with E-state index < -0.39 is 5.91 Å². The van der Waals surface area contributed by atoms with Crippen LogP contribution in [0.25, 0.3) is 0 Å². The van der Waals surface area contributed by atoms with Crippen LogP contribution in [0.5, 0.6) is 0 Å². The second-order valence-electron chi connectivity index (χ2n) is 3.72. The van der Waals surface area contributed by atoms with Gasteiger partial charge in [0.15, 0.2) is 0 Å². The maximum absolute atomic E-state index is 11.1. The number of carbonyl (C=O) groups excluding carboxylic acids is 1. The van der Waals surface area contributed by atoms with Crippen molar-refractivity contribution in [2.45, 2.75) is 6.54 Å². The Labute approximate surface area is 104 Å². The second-order valence-corrected chi connectivity index (χ2v) is 3.72. The molecule has 0 unspecified atom stereocenters. The molecule has 0 aliphatic heterocycles. The molecule has 2 aromatic heterocycles. The molecule has 94 valence electrons. The molecule has 2 aromatic rings. The summed E-state index contributed by atoms with van der Waals surface area (Å²) in [5.41, 5.74) is 11.3. The summed E-state index contributed by atoms with van der Waals surface area (Å²) in [6.07, 6.45) is 5.00. The van der Waals surface area contributed by atoms with Crippen LogP contribution in [0, 0.1) is 0 Å². The monoisotopic (exact) mass is 246 g/mol. The number of rotatable bonds is 5. The lowest BCUT2D eigenvalue weighted by Crippen LogP contribution is -2.16. The number of nitrogens with one attached hydrogen (secondary N) is 1. The van der Waals surface area contributed by atoms with Crippen LogP contribution in [-0.2, 0) is 6.54 Å². The highest BCUT2D eigenvalue weighted by molar-refractivity contribution is 5.98. The fraction of sp³-hybridized carbons (Fsp3) is 0.182. The molecule has 0 atom stereocenters. The van der Waals surface area contributed by atoms with Gasteiger partial charge in [-0.05, 0) is 12.1 Å². The summed E-state index contributed by atoms with van der Waals surface area (Å²) in [5, 5.41) is 7.14. The summed E-state index contributed by atoms with van der Waals surface area (Å²) in [4.78, 5) is 15.2. The van der Waals surface area contributed by atoms with Crippen LogP contribution in [0.4, 0.5) is 11.5 Å². The Morgan fingerprint density at radius 3 is 3.00 bits per heavy atom. The number of nitrogens with two attached hydrogens (primary N) is 2. The van der Waals surface area contributed by atoms with E-state index in [0.717, 1.165) is 0 Å². The van der Waals surface area contributed by atoms with Crippen molar-refractivity contribution >= 4 is 17.4 Å². The molecule has 5 N–H and O–H groups in total. The Balaban J connectivity index is 1.97. The minimum atomic E-state index is -0.565. The fourth-order valence-corrected chi connectivity index (χ4v) is 1.51. The number of carbonyl (C=O) groups is 1. The van der Waals surface area contributed by atoms with Gasteiger partial charge in [0, 0.05) is 18.9 Å². The van der Waals surface area contributed by atoms with Gasteiger partial charge in [0.25, 0.3) is 5.91 Å². The Morgan fingerprint density at radius 2 is 2.33 bits per heavy atom. The van der Waals surface area contributed by atoms with Gasteiger partial charge in [-0.2, -0.15) is 5.10 Å². The third-order valence-corrected chi connectivity index (χ3v) is 2.41. The first kappa shape index (κ1) is 11.9. The predicted octanol–water partition coefficient (Wildman–Crippen LogP) is 0.0713. The van der Waals surface area contributed by atoms with Gasteiger partial charge < -0.3 is 16.8 Å².